The van der Waals surface area contributed by atoms with E-state index in [1.165, 1.54) is 34.6 Å². The van der Waals surface area contributed by atoms with E-state index in [1.807, 2.05) is 19.1 Å². The summed E-state index contributed by atoms with van der Waals surface area (Å²) in [4.78, 5) is 7.58. The maximum Gasteiger partial charge on any atom is 0.235 e. The van der Waals surface area contributed by atoms with Gasteiger partial charge in [0.1, 0.15) is 10.7 Å². The van der Waals surface area contributed by atoms with Gasteiger partial charge in [0.2, 0.25) is 10.8 Å². The van der Waals surface area contributed by atoms with Crippen LogP contribution in [0, 0.1) is 12.8 Å². The zero-order valence-electron chi connectivity index (χ0n) is 14.4. The summed E-state index contributed by atoms with van der Waals surface area (Å²) in [5.41, 5.74) is 1.17. The molecule has 3 heterocycles. The van der Waals surface area contributed by atoms with Crippen molar-refractivity contribution in [2.75, 3.05) is 13.1 Å². The first kappa shape index (κ1) is 16.8. The molecule has 2 aromatic heterocycles. The first-order valence-electron chi connectivity index (χ1n) is 8.68. The van der Waals surface area contributed by atoms with Crippen LogP contribution in [-0.4, -0.2) is 32.8 Å². The largest absolute Gasteiger partial charge is 0.492 e. The lowest BCUT2D eigenvalue weighted by atomic mass is 9.95. The molecule has 0 bridgehead atoms. The summed E-state index contributed by atoms with van der Waals surface area (Å²) < 4.78 is 1.56. The number of aryl methyl sites for hydroxylation is 1. The predicted molar refractivity (Wildman–Crippen MR) is 99.7 cm³/mol. The Morgan fingerprint density at radius 2 is 2.12 bits per heavy atom. The average Bonchev–Trinajstić information content (AvgIpc) is 3.08. The molecule has 0 aliphatic carbocycles. The summed E-state index contributed by atoms with van der Waals surface area (Å²) in [7, 11) is 0. The van der Waals surface area contributed by atoms with E-state index in [-0.39, 0.29) is 11.9 Å². The number of thiazole rings is 1. The van der Waals surface area contributed by atoms with Crippen molar-refractivity contribution in [2.24, 2.45) is 5.92 Å². The van der Waals surface area contributed by atoms with Crippen molar-refractivity contribution in [2.45, 2.75) is 32.7 Å². The Morgan fingerprint density at radius 3 is 2.80 bits per heavy atom. The zero-order valence-corrected chi connectivity index (χ0v) is 15.9. The minimum absolute atomic E-state index is 0.0776. The number of hydrogen-bond donors (Lipinski definition) is 2. The van der Waals surface area contributed by atoms with Crippen LogP contribution in [0.1, 0.15) is 42.1 Å². The molecule has 1 unspecified atom stereocenters. The molecule has 3 aromatic rings. The smallest absolute Gasteiger partial charge is 0.235 e. The third-order valence-corrected chi connectivity index (χ3v) is 6.32. The third kappa shape index (κ3) is 3.14. The van der Waals surface area contributed by atoms with Gasteiger partial charge in [-0.15, -0.1) is 5.10 Å². The van der Waals surface area contributed by atoms with Crippen LogP contribution >= 0.6 is 22.9 Å². The highest BCUT2D eigenvalue weighted by Crippen LogP contribution is 2.35. The van der Waals surface area contributed by atoms with Gasteiger partial charge in [0, 0.05) is 16.5 Å². The van der Waals surface area contributed by atoms with Crippen LogP contribution in [-0.2, 0) is 0 Å². The van der Waals surface area contributed by atoms with Crippen LogP contribution in [0.15, 0.2) is 24.3 Å². The average molecular weight is 378 g/mol. The van der Waals surface area contributed by atoms with Crippen molar-refractivity contribution < 1.29 is 10.0 Å². The van der Waals surface area contributed by atoms with E-state index in [2.05, 4.69) is 29.1 Å². The molecule has 25 heavy (non-hydrogen) atoms. The summed E-state index contributed by atoms with van der Waals surface area (Å²) in [6, 6.07) is 8.07. The second kappa shape index (κ2) is 6.59. The number of hydrogen-bond acceptors (Lipinski definition) is 4. The van der Waals surface area contributed by atoms with Crippen LogP contribution in [0.3, 0.4) is 0 Å². The van der Waals surface area contributed by atoms with Crippen LogP contribution in [0.4, 0.5) is 0 Å². The van der Waals surface area contributed by atoms with Gasteiger partial charge in [0.15, 0.2) is 6.04 Å². The van der Waals surface area contributed by atoms with E-state index < -0.39 is 0 Å². The molecule has 3 atom stereocenters. The molecule has 1 fully saturated rings. The van der Waals surface area contributed by atoms with Crippen LogP contribution in [0.5, 0.6) is 5.88 Å². The Kier molecular flexibility index (Phi) is 4.43. The van der Waals surface area contributed by atoms with E-state index in [4.69, 9.17) is 11.6 Å². The highest BCUT2D eigenvalue weighted by atomic mass is 35.5. The molecule has 1 saturated heterocycles. The van der Waals surface area contributed by atoms with Gasteiger partial charge in [-0.2, -0.15) is 4.52 Å². The second-order valence-corrected chi connectivity index (χ2v) is 8.43. The van der Waals surface area contributed by atoms with Crippen molar-refractivity contribution in [3.8, 4) is 5.88 Å². The molecule has 2 N–H and O–H groups in total. The maximum absolute atomic E-state index is 10.8. The second-order valence-electron chi connectivity index (χ2n) is 6.99. The Labute approximate surface area is 155 Å². The monoisotopic (exact) mass is 377 g/mol. The van der Waals surface area contributed by atoms with Crippen molar-refractivity contribution in [1.29, 1.82) is 0 Å². The van der Waals surface area contributed by atoms with Gasteiger partial charge in [-0.25, -0.2) is 4.98 Å². The molecule has 5 nitrogen and oxygen atoms in total. The number of nitrogens with one attached hydrogen (secondary N) is 1. The van der Waals surface area contributed by atoms with Crippen LogP contribution < -0.4 is 4.90 Å². The van der Waals surface area contributed by atoms with Gasteiger partial charge in [-0.05, 0) is 31.9 Å². The fourth-order valence-electron chi connectivity index (χ4n) is 3.86. The van der Waals surface area contributed by atoms with Crippen molar-refractivity contribution >= 4 is 27.9 Å². The Bertz CT molecular complexity index is 889. The molecule has 0 spiro atoms. The predicted octanol–water partition coefficient (Wildman–Crippen LogP) is 2.86. The van der Waals surface area contributed by atoms with Gasteiger partial charge in [-0.1, -0.05) is 42.0 Å². The van der Waals surface area contributed by atoms with E-state index in [1.54, 1.807) is 4.52 Å². The number of quaternary nitrogens is 1. The molecule has 7 heteroatoms. The lowest BCUT2D eigenvalue weighted by Crippen LogP contribution is -3.13. The van der Waals surface area contributed by atoms with E-state index in [0.29, 0.717) is 11.7 Å². The lowest BCUT2D eigenvalue weighted by Gasteiger charge is -2.34. The molecule has 1 aliphatic rings. The van der Waals surface area contributed by atoms with Gasteiger partial charge < -0.3 is 10.0 Å². The Balaban J connectivity index is 1.81. The number of rotatable bonds is 3. The highest BCUT2D eigenvalue weighted by Gasteiger charge is 2.35. The molecule has 132 valence electrons. The fraction of sp³-hybridized carbons (Fsp3) is 0.444. The quantitative estimate of drug-likeness (QED) is 0.738. The Hall–Kier alpha value is -1.63. The topological polar surface area (TPSA) is 54.9 Å². The third-order valence-electron chi connectivity index (χ3n) is 4.98. The van der Waals surface area contributed by atoms with Crippen LogP contribution in [0.25, 0.3) is 4.96 Å². The van der Waals surface area contributed by atoms with Gasteiger partial charge in [-0.3, -0.25) is 0 Å². The van der Waals surface area contributed by atoms with Crippen LogP contribution in [0.2, 0.25) is 5.02 Å². The van der Waals surface area contributed by atoms with Crippen molar-refractivity contribution in [1.82, 2.24) is 14.6 Å². The number of nitrogens with zero attached hydrogens (tertiary/aromatic N) is 3. The molecular formula is C18H22ClN4OS+. The number of aromatic nitrogens is 3. The number of halogens is 1. The van der Waals surface area contributed by atoms with Gasteiger partial charge >= 0.3 is 0 Å². The van der Waals surface area contributed by atoms with Gasteiger partial charge in [0.05, 0.1) is 13.1 Å². The minimum atomic E-state index is 0.0776. The van der Waals surface area contributed by atoms with Crippen molar-refractivity contribution in [3.63, 3.8) is 0 Å². The first-order valence-corrected chi connectivity index (χ1v) is 9.87. The lowest BCUT2D eigenvalue weighted by molar-refractivity contribution is -0.933. The zero-order chi connectivity index (χ0) is 17.6. The van der Waals surface area contributed by atoms with E-state index in [0.717, 1.165) is 28.0 Å². The fourth-order valence-corrected chi connectivity index (χ4v) is 5.17. The minimum Gasteiger partial charge on any atom is -0.492 e. The Morgan fingerprint density at radius 1 is 1.36 bits per heavy atom. The number of fused-ring (bicyclic) bond motifs is 1. The van der Waals surface area contributed by atoms with E-state index in [9.17, 15) is 5.11 Å². The molecular weight excluding hydrogens is 356 g/mol. The summed E-state index contributed by atoms with van der Waals surface area (Å²) in [6.45, 7) is 6.35. The van der Waals surface area contributed by atoms with Crippen molar-refractivity contribution in [3.05, 3.63) is 45.6 Å². The summed E-state index contributed by atoms with van der Waals surface area (Å²) in [5.74, 6) is 1.58. The molecule has 0 saturated carbocycles. The molecule has 1 aromatic carbocycles. The number of likely N-dealkylation sites (tertiary alicyclic amines) is 1. The number of piperidine rings is 1. The standard InChI is InChI=1S/C18H21ClN4OS/c1-11-4-3-9-22(10-11)15(13-5-7-14(19)8-6-13)16-17(24)23-18(25-16)20-12(2)21-23/h5-8,11,15,24H,3-4,9-10H2,1-2H3/p+1/t11-,15-/m0/s1. The number of benzene rings is 1. The van der Waals surface area contributed by atoms with Gasteiger partial charge in [0.25, 0.3) is 0 Å². The number of aromatic hydroxyl groups is 1. The maximum atomic E-state index is 10.8. The molecule has 0 amide bonds. The molecule has 4 rings (SSSR count). The molecule has 1 aliphatic heterocycles. The summed E-state index contributed by atoms with van der Waals surface area (Å²) in [5, 5.41) is 15.9. The normalized spacial score (nSPS) is 22.4. The highest BCUT2D eigenvalue weighted by molar-refractivity contribution is 7.17. The SMILES string of the molecule is Cc1nc2sc([C@H](c3ccc(Cl)cc3)[NH+]3CCC[C@H](C)C3)c(O)n2n1. The summed E-state index contributed by atoms with van der Waals surface area (Å²) in [6.07, 6.45) is 2.48. The summed E-state index contributed by atoms with van der Waals surface area (Å²) >= 11 is 7.62. The molecule has 0 radical (unpaired) electrons. The van der Waals surface area contributed by atoms with E-state index >= 15 is 0 Å². The first-order chi connectivity index (χ1) is 12.0.